The van der Waals surface area contributed by atoms with Crippen molar-refractivity contribution >= 4 is 30.1 Å². The number of carbonyl (C=O) groups is 1. The third-order valence-electron chi connectivity index (χ3n) is 2.67. The molecule has 0 spiro atoms. The van der Waals surface area contributed by atoms with Crippen molar-refractivity contribution in [3.63, 3.8) is 0 Å². The van der Waals surface area contributed by atoms with Crippen molar-refractivity contribution in [2.24, 2.45) is 0 Å². The fraction of sp³-hybridized carbons (Fsp3) is 0.364. The molecule has 1 amide bonds. The predicted octanol–water partition coefficient (Wildman–Crippen LogP) is 1.94. The minimum Gasteiger partial charge on any atom is -0.350 e. The van der Waals surface area contributed by atoms with Gasteiger partial charge in [0.15, 0.2) is 23.3 Å². The molecule has 1 aliphatic rings. The number of amides is 1. The molecule has 1 heterocycles. The maximum absolute atomic E-state index is 13.3. The summed E-state index contributed by atoms with van der Waals surface area (Å²) in [5, 5.41) is 5.11. The summed E-state index contributed by atoms with van der Waals surface area (Å²) in [7, 11) is 0. The first-order chi connectivity index (χ1) is 9.00. The maximum atomic E-state index is 13.3. The van der Waals surface area contributed by atoms with Crippen molar-refractivity contribution in [1.29, 1.82) is 0 Å². The molecule has 0 unspecified atom stereocenters. The molecule has 1 fully saturated rings. The van der Waals surface area contributed by atoms with Gasteiger partial charge in [0.25, 0.3) is 0 Å². The summed E-state index contributed by atoms with van der Waals surface area (Å²) >= 11 is 1.50. The molecular formula is C11H11ClF4N2OS. The number of benzene rings is 1. The largest absolute Gasteiger partial charge is 0.350 e. The molecule has 2 N–H and O–H groups in total. The Kier molecular flexibility index (Phi) is 6.09. The molecule has 2 rings (SSSR count). The fourth-order valence-corrected chi connectivity index (χ4v) is 2.58. The van der Waals surface area contributed by atoms with Gasteiger partial charge in [-0.25, -0.2) is 17.6 Å². The summed E-state index contributed by atoms with van der Waals surface area (Å²) in [4.78, 5) is 11.6. The summed E-state index contributed by atoms with van der Waals surface area (Å²) in [6.45, 7) is -0.603. The first kappa shape index (κ1) is 17.1. The Morgan fingerprint density at radius 2 is 1.90 bits per heavy atom. The first-order valence-electron chi connectivity index (χ1n) is 5.41. The summed E-state index contributed by atoms with van der Waals surface area (Å²) in [6, 6.07) is -0.333. The van der Waals surface area contributed by atoms with Gasteiger partial charge in [-0.1, -0.05) is 0 Å². The van der Waals surface area contributed by atoms with E-state index in [9.17, 15) is 22.4 Å². The lowest BCUT2D eigenvalue weighted by Crippen LogP contribution is -2.41. The number of hydrogen-bond donors (Lipinski definition) is 2. The number of carbonyl (C=O) groups excluding carboxylic acids is 1. The molecule has 3 nitrogen and oxygen atoms in total. The van der Waals surface area contributed by atoms with Gasteiger partial charge >= 0.3 is 0 Å². The molecule has 1 aromatic carbocycles. The number of rotatable bonds is 3. The number of hydrogen-bond acceptors (Lipinski definition) is 3. The minimum atomic E-state index is -1.49. The second-order valence-electron chi connectivity index (χ2n) is 3.94. The van der Waals surface area contributed by atoms with Crippen LogP contribution in [0.5, 0.6) is 0 Å². The van der Waals surface area contributed by atoms with E-state index >= 15 is 0 Å². The highest BCUT2D eigenvalue weighted by Crippen LogP contribution is 2.19. The van der Waals surface area contributed by atoms with Crippen LogP contribution in [-0.2, 0) is 11.3 Å². The Labute approximate surface area is 122 Å². The van der Waals surface area contributed by atoms with Crippen molar-refractivity contribution in [2.45, 2.75) is 12.6 Å². The topological polar surface area (TPSA) is 41.1 Å². The van der Waals surface area contributed by atoms with Crippen LogP contribution < -0.4 is 10.6 Å². The zero-order valence-electron chi connectivity index (χ0n) is 10.0. The number of nitrogens with one attached hydrogen (secondary N) is 2. The van der Waals surface area contributed by atoms with Gasteiger partial charge in [0, 0.05) is 29.8 Å². The maximum Gasteiger partial charge on any atom is 0.238 e. The molecule has 1 atom stereocenters. The van der Waals surface area contributed by atoms with E-state index in [4.69, 9.17) is 0 Å². The predicted molar refractivity (Wildman–Crippen MR) is 69.6 cm³/mol. The quantitative estimate of drug-likeness (QED) is 0.657. The standard InChI is InChI=1S/C11H10F4N2OS.ClH/c12-6-1-7(13)10(15)5(9(6)14)2-16-11(18)8-3-19-4-17-8;/h1,8,17H,2-4H2,(H,16,18);1H/t8-;/m1./s1. The molecule has 0 aliphatic carbocycles. The molecule has 0 radical (unpaired) electrons. The van der Waals surface area contributed by atoms with Gasteiger partial charge in [-0.2, -0.15) is 0 Å². The van der Waals surface area contributed by atoms with Crippen LogP contribution in [0.25, 0.3) is 0 Å². The zero-order valence-corrected chi connectivity index (χ0v) is 11.6. The van der Waals surface area contributed by atoms with Crippen LogP contribution in [0, 0.1) is 23.3 Å². The van der Waals surface area contributed by atoms with Gasteiger partial charge in [-0.15, -0.1) is 24.2 Å². The van der Waals surface area contributed by atoms with E-state index in [-0.39, 0.29) is 18.5 Å². The van der Waals surface area contributed by atoms with Crippen molar-refractivity contribution in [2.75, 3.05) is 11.6 Å². The van der Waals surface area contributed by atoms with E-state index < -0.39 is 47.3 Å². The van der Waals surface area contributed by atoms with Crippen LogP contribution >= 0.6 is 24.2 Å². The Balaban J connectivity index is 0.00000200. The summed E-state index contributed by atoms with van der Waals surface area (Å²) in [5.41, 5.74) is -0.823. The van der Waals surface area contributed by atoms with E-state index in [1.54, 1.807) is 0 Å². The smallest absolute Gasteiger partial charge is 0.238 e. The SMILES string of the molecule is Cl.O=C(NCc1c(F)c(F)cc(F)c1F)[C@H]1CSCN1. The highest BCUT2D eigenvalue weighted by Gasteiger charge is 2.24. The van der Waals surface area contributed by atoms with Crippen molar-refractivity contribution < 1.29 is 22.4 Å². The molecule has 0 saturated carbocycles. The van der Waals surface area contributed by atoms with Gasteiger partial charge in [0.05, 0.1) is 6.04 Å². The third kappa shape index (κ3) is 3.56. The highest BCUT2D eigenvalue weighted by molar-refractivity contribution is 7.99. The Morgan fingerprint density at radius 3 is 2.40 bits per heavy atom. The highest BCUT2D eigenvalue weighted by atomic mass is 35.5. The van der Waals surface area contributed by atoms with E-state index in [1.807, 2.05) is 0 Å². The van der Waals surface area contributed by atoms with Crippen LogP contribution in [0.15, 0.2) is 6.07 Å². The van der Waals surface area contributed by atoms with Crippen LogP contribution in [-0.4, -0.2) is 23.6 Å². The van der Waals surface area contributed by atoms with Crippen molar-refractivity contribution in [3.05, 3.63) is 34.9 Å². The van der Waals surface area contributed by atoms with Crippen LogP contribution in [0.1, 0.15) is 5.56 Å². The first-order valence-corrected chi connectivity index (χ1v) is 6.57. The minimum absolute atomic E-state index is 0. The Morgan fingerprint density at radius 1 is 1.30 bits per heavy atom. The third-order valence-corrected chi connectivity index (χ3v) is 3.61. The normalized spacial score (nSPS) is 17.7. The van der Waals surface area contributed by atoms with Crippen LogP contribution in [0.3, 0.4) is 0 Å². The summed E-state index contributed by atoms with van der Waals surface area (Å²) in [5.74, 6) is -5.28. The lowest BCUT2D eigenvalue weighted by atomic mass is 10.1. The van der Waals surface area contributed by atoms with Crippen LogP contribution in [0.4, 0.5) is 17.6 Å². The molecule has 1 saturated heterocycles. The molecular weight excluding hydrogens is 320 g/mol. The lowest BCUT2D eigenvalue weighted by Gasteiger charge is -2.12. The van der Waals surface area contributed by atoms with Gasteiger partial charge in [-0.3, -0.25) is 10.1 Å². The molecule has 0 bridgehead atoms. The second kappa shape index (κ2) is 7.14. The van der Waals surface area contributed by atoms with E-state index in [2.05, 4.69) is 10.6 Å². The van der Waals surface area contributed by atoms with Gasteiger partial charge < -0.3 is 5.32 Å². The Bertz CT molecular complexity index is 485. The monoisotopic (exact) mass is 330 g/mol. The van der Waals surface area contributed by atoms with Crippen molar-refractivity contribution in [3.8, 4) is 0 Å². The zero-order chi connectivity index (χ0) is 14.0. The van der Waals surface area contributed by atoms with E-state index in [0.29, 0.717) is 11.6 Å². The number of halogens is 5. The van der Waals surface area contributed by atoms with E-state index in [0.717, 1.165) is 0 Å². The van der Waals surface area contributed by atoms with Gasteiger partial charge in [-0.05, 0) is 0 Å². The van der Waals surface area contributed by atoms with Gasteiger partial charge in [0.1, 0.15) is 0 Å². The molecule has 9 heteroatoms. The van der Waals surface area contributed by atoms with Gasteiger partial charge in [0.2, 0.25) is 5.91 Å². The molecule has 20 heavy (non-hydrogen) atoms. The van der Waals surface area contributed by atoms with E-state index in [1.165, 1.54) is 11.8 Å². The molecule has 1 aromatic rings. The number of thioether (sulfide) groups is 1. The van der Waals surface area contributed by atoms with Crippen LogP contribution in [0.2, 0.25) is 0 Å². The lowest BCUT2D eigenvalue weighted by molar-refractivity contribution is -0.122. The molecule has 112 valence electrons. The molecule has 1 aliphatic heterocycles. The average molecular weight is 331 g/mol. The average Bonchev–Trinajstić information content (AvgIpc) is 2.90. The molecule has 0 aromatic heterocycles. The summed E-state index contributed by atoms with van der Waals surface area (Å²) < 4.78 is 52.5. The fourth-order valence-electron chi connectivity index (χ4n) is 1.64. The Hall–Kier alpha value is -0.990. The van der Waals surface area contributed by atoms with Crippen molar-refractivity contribution in [1.82, 2.24) is 10.6 Å². The summed E-state index contributed by atoms with van der Waals surface area (Å²) in [6.07, 6.45) is 0. The second-order valence-corrected chi connectivity index (χ2v) is 4.97.